The van der Waals surface area contributed by atoms with Crippen LogP contribution < -0.4 is 49.5 Å². The van der Waals surface area contributed by atoms with Gasteiger partial charge >= 0.3 is 29.6 Å². The fourth-order valence-electron chi connectivity index (χ4n) is 2.90. The molecule has 0 aromatic heterocycles. The van der Waals surface area contributed by atoms with Gasteiger partial charge in [0.05, 0.1) is 20.2 Å². The molecule has 0 spiro atoms. The summed E-state index contributed by atoms with van der Waals surface area (Å²) in [4.78, 5) is 24.0. The van der Waals surface area contributed by atoms with Gasteiger partial charge in [-0.2, -0.15) is 0 Å². The van der Waals surface area contributed by atoms with Crippen LogP contribution in [0.15, 0.2) is 48.5 Å². The van der Waals surface area contributed by atoms with E-state index in [1.54, 1.807) is 56.7 Å². The van der Waals surface area contributed by atoms with Gasteiger partial charge in [-0.25, -0.2) is 0 Å². The first-order valence-corrected chi connectivity index (χ1v) is 8.65. The van der Waals surface area contributed by atoms with Gasteiger partial charge in [-0.05, 0) is 42.7 Å². The SMILES string of the molecule is COc1ccc(OC)c(CCNC(=O)CC(C)(C(=O)[O-])c2ccccc2)c1.[Na+]. The van der Waals surface area contributed by atoms with Crippen LogP contribution in [0.1, 0.15) is 24.5 Å². The number of carboxylic acids is 1. The molecule has 0 radical (unpaired) electrons. The summed E-state index contributed by atoms with van der Waals surface area (Å²) in [6.45, 7) is 1.85. The molecule has 1 atom stereocenters. The maximum absolute atomic E-state index is 12.3. The predicted molar refractivity (Wildman–Crippen MR) is 99.7 cm³/mol. The molecule has 6 nitrogen and oxygen atoms in total. The second-order valence-corrected chi connectivity index (χ2v) is 6.44. The Bertz CT molecular complexity index is 797. The molecule has 0 fully saturated rings. The summed E-state index contributed by atoms with van der Waals surface area (Å²) >= 11 is 0. The van der Waals surface area contributed by atoms with Crippen LogP contribution in [-0.2, 0) is 21.4 Å². The van der Waals surface area contributed by atoms with Gasteiger partial charge in [-0.15, -0.1) is 0 Å². The van der Waals surface area contributed by atoms with Crippen LogP contribution in [0.3, 0.4) is 0 Å². The summed E-state index contributed by atoms with van der Waals surface area (Å²) < 4.78 is 10.5. The molecule has 2 aromatic carbocycles. The molecule has 2 aromatic rings. The zero-order valence-electron chi connectivity index (χ0n) is 16.8. The number of hydrogen-bond acceptors (Lipinski definition) is 5. The molecule has 1 amide bonds. The molecule has 0 aliphatic heterocycles. The molecule has 28 heavy (non-hydrogen) atoms. The summed E-state index contributed by atoms with van der Waals surface area (Å²) in [5.41, 5.74) is 0.0383. The Morgan fingerprint density at radius 3 is 2.32 bits per heavy atom. The van der Waals surface area contributed by atoms with Crippen LogP contribution >= 0.6 is 0 Å². The first kappa shape index (κ1) is 24.0. The Balaban J connectivity index is 0.00000392. The number of benzene rings is 2. The number of carbonyl (C=O) groups is 2. The van der Waals surface area contributed by atoms with Gasteiger partial charge in [-0.3, -0.25) is 4.79 Å². The maximum atomic E-state index is 12.3. The topological polar surface area (TPSA) is 87.7 Å². The van der Waals surface area contributed by atoms with E-state index in [1.165, 1.54) is 6.92 Å². The zero-order valence-corrected chi connectivity index (χ0v) is 18.8. The van der Waals surface area contributed by atoms with Gasteiger partial charge in [0.2, 0.25) is 5.91 Å². The van der Waals surface area contributed by atoms with Crippen molar-refractivity contribution in [2.45, 2.75) is 25.2 Å². The number of amides is 1. The monoisotopic (exact) mass is 393 g/mol. The molecule has 0 bridgehead atoms. The van der Waals surface area contributed by atoms with E-state index >= 15 is 0 Å². The van der Waals surface area contributed by atoms with Gasteiger partial charge in [-0.1, -0.05) is 30.3 Å². The van der Waals surface area contributed by atoms with Crippen molar-refractivity contribution in [1.29, 1.82) is 0 Å². The Kier molecular flexibility index (Phi) is 9.52. The molecule has 1 N–H and O–H groups in total. The minimum atomic E-state index is -1.39. The van der Waals surface area contributed by atoms with Crippen LogP contribution in [0.2, 0.25) is 0 Å². The van der Waals surface area contributed by atoms with E-state index in [9.17, 15) is 14.7 Å². The largest absolute Gasteiger partial charge is 1.00 e. The van der Waals surface area contributed by atoms with E-state index in [4.69, 9.17) is 9.47 Å². The number of rotatable bonds is 9. The molecule has 0 saturated heterocycles. The fraction of sp³-hybridized carbons (Fsp3) is 0.333. The molecule has 7 heteroatoms. The van der Waals surface area contributed by atoms with E-state index in [2.05, 4.69) is 5.32 Å². The molecule has 144 valence electrons. The summed E-state index contributed by atoms with van der Waals surface area (Å²) in [5.74, 6) is -0.231. The smallest absolute Gasteiger partial charge is 0.549 e. The Morgan fingerprint density at radius 1 is 1.07 bits per heavy atom. The molecule has 2 rings (SSSR count). The minimum absolute atomic E-state index is 0. The van der Waals surface area contributed by atoms with Crippen LogP contribution in [0.4, 0.5) is 0 Å². The van der Waals surface area contributed by atoms with E-state index in [1.807, 2.05) is 6.07 Å². The molecule has 0 saturated carbocycles. The Hall–Kier alpha value is -2.02. The second-order valence-electron chi connectivity index (χ2n) is 6.44. The molecule has 1 unspecified atom stereocenters. The maximum Gasteiger partial charge on any atom is 1.00 e. The summed E-state index contributed by atoms with van der Waals surface area (Å²) in [6, 6.07) is 14.1. The van der Waals surface area contributed by atoms with Crippen LogP contribution in [0, 0.1) is 0 Å². The van der Waals surface area contributed by atoms with Gasteiger partial charge < -0.3 is 24.7 Å². The van der Waals surface area contributed by atoms with Crippen molar-refractivity contribution >= 4 is 11.9 Å². The standard InChI is InChI=1S/C21H25NO5.Na/c1-21(20(24)25,16-7-5-4-6-8-16)14-19(23)22-12-11-15-13-17(26-2)9-10-18(15)27-3;/h4-10,13H,11-12,14H2,1-3H3,(H,22,23)(H,24,25);/q;+1/p-1. The quantitative estimate of drug-likeness (QED) is 0.522. The third kappa shape index (κ3) is 5.99. The van der Waals surface area contributed by atoms with Crippen LogP contribution in [0.25, 0.3) is 0 Å². The first-order chi connectivity index (χ1) is 12.9. The van der Waals surface area contributed by atoms with Crippen molar-refractivity contribution < 1.29 is 53.7 Å². The van der Waals surface area contributed by atoms with E-state index < -0.39 is 11.4 Å². The van der Waals surface area contributed by atoms with Gasteiger partial charge in [0.1, 0.15) is 11.5 Å². The summed E-state index contributed by atoms with van der Waals surface area (Å²) in [5, 5.41) is 14.5. The second kappa shape index (κ2) is 11.1. The molecule has 0 aliphatic carbocycles. The number of ether oxygens (including phenoxy) is 2. The first-order valence-electron chi connectivity index (χ1n) is 8.65. The number of nitrogens with one attached hydrogen (secondary N) is 1. The number of carbonyl (C=O) groups excluding carboxylic acids is 2. The number of aliphatic carboxylic acids is 1. The summed E-state index contributed by atoms with van der Waals surface area (Å²) in [7, 11) is 3.16. The average Bonchev–Trinajstić information content (AvgIpc) is 2.68. The van der Waals surface area contributed by atoms with Crippen LogP contribution in [-0.4, -0.2) is 32.6 Å². The van der Waals surface area contributed by atoms with Crippen molar-refractivity contribution in [2.24, 2.45) is 0 Å². The fourth-order valence-corrected chi connectivity index (χ4v) is 2.90. The number of carboxylic acid groups (broad SMARTS) is 1. The van der Waals surface area contributed by atoms with Gasteiger partial charge in [0, 0.05) is 18.4 Å². The molecular weight excluding hydrogens is 369 g/mol. The zero-order chi connectivity index (χ0) is 19.9. The number of methoxy groups -OCH3 is 2. The third-order valence-corrected chi connectivity index (χ3v) is 4.58. The minimum Gasteiger partial charge on any atom is -0.549 e. The molecule has 0 aliphatic rings. The molecule has 0 heterocycles. The van der Waals surface area contributed by atoms with Gasteiger partial charge in [0.25, 0.3) is 0 Å². The van der Waals surface area contributed by atoms with E-state index in [0.717, 1.165) is 5.56 Å². The predicted octanol–water partition coefficient (Wildman–Crippen LogP) is -1.54. The van der Waals surface area contributed by atoms with E-state index in [0.29, 0.717) is 30.0 Å². The van der Waals surface area contributed by atoms with Crippen molar-refractivity contribution in [3.05, 3.63) is 59.7 Å². The van der Waals surface area contributed by atoms with E-state index in [-0.39, 0.29) is 41.9 Å². The van der Waals surface area contributed by atoms with Crippen LogP contribution in [0.5, 0.6) is 11.5 Å². The summed E-state index contributed by atoms with van der Waals surface area (Å²) in [6.07, 6.45) is 0.327. The average molecular weight is 393 g/mol. The Labute approximate surface area is 187 Å². The van der Waals surface area contributed by atoms with Crippen molar-refractivity contribution in [2.75, 3.05) is 20.8 Å². The molecular formula is C21H24NNaO5. The van der Waals surface area contributed by atoms with Crippen molar-refractivity contribution in [1.82, 2.24) is 5.32 Å². The van der Waals surface area contributed by atoms with Crippen molar-refractivity contribution in [3.8, 4) is 11.5 Å². The third-order valence-electron chi connectivity index (χ3n) is 4.58. The normalized spacial score (nSPS) is 12.2. The van der Waals surface area contributed by atoms with Crippen molar-refractivity contribution in [3.63, 3.8) is 0 Å². The number of hydrogen-bond donors (Lipinski definition) is 1. The van der Waals surface area contributed by atoms with Gasteiger partial charge in [0.15, 0.2) is 0 Å². The Morgan fingerprint density at radius 2 is 1.75 bits per heavy atom.